The van der Waals surface area contributed by atoms with Gasteiger partial charge in [-0.05, 0) is 29.9 Å². The van der Waals surface area contributed by atoms with Gasteiger partial charge in [-0.3, -0.25) is 4.79 Å². The second kappa shape index (κ2) is 8.47. The van der Waals surface area contributed by atoms with Crippen molar-refractivity contribution in [3.63, 3.8) is 0 Å². The highest BCUT2D eigenvalue weighted by Gasteiger charge is 2.29. The van der Waals surface area contributed by atoms with Crippen molar-refractivity contribution in [1.29, 1.82) is 0 Å². The molecule has 6 nitrogen and oxygen atoms in total. The predicted molar refractivity (Wildman–Crippen MR) is 104 cm³/mol. The highest BCUT2D eigenvalue weighted by molar-refractivity contribution is 7.13. The highest BCUT2D eigenvalue weighted by atomic mass is 32.1. The third-order valence-electron chi connectivity index (χ3n) is 4.42. The molecule has 1 amide bonds. The first-order valence-corrected chi connectivity index (χ1v) is 9.52. The van der Waals surface area contributed by atoms with Gasteiger partial charge < -0.3 is 19.9 Å². The normalized spacial score (nSPS) is 11.5. The lowest BCUT2D eigenvalue weighted by Gasteiger charge is -2.30. The van der Waals surface area contributed by atoms with Gasteiger partial charge in [-0.25, -0.2) is 4.98 Å². The quantitative estimate of drug-likeness (QED) is 0.553. The number of aliphatic hydroxyl groups is 2. The fourth-order valence-corrected chi connectivity index (χ4v) is 3.52. The molecule has 0 unspecified atom stereocenters. The average molecular weight is 386 g/mol. The standard InChI is InChI=1S/C20H22N2O4S/c1-14(25)22-20(12-23,13-24)9-8-15-4-6-16(7-5-15)17-11-26-19(21-17)18-3-2-10-27-18/h2-7,10-11,23-24H,8-9,12-13H2,1H3,(H,22,25). The largest absolute Gasteiger partial charge is 0.443 e. The molecule has 7 heteroatoms. The Bertz CT molecular complexity index is 868. The van der Waals surface area contributed by atoms with Crippen LogP contribution in [0.15, 0.2) is 52.5 Å². The number of thiophene rings is 1. The minimum absolute atomic E-state index is 0.277. The van der Waals surface area contributed by atoms with Crippen LogP contribution in [0.4, 0.5) is 0 Å². The summed E-state index contributed by atoms with van der Waals surface area (Å²) < 4.78 is 5.56. The van der Waals surface area contributed by atoms with Gasteiger partial charge >= 0.3 is 0 Å². The van der Waals surface area contributed by atoms with E-state index in [2.05, 4.69) is 10.3 Å². The summed E-state index contributed by atoms with van der Waals surface area (Å²) in [6, 6.07) is 11.8. The molecule has 0 atom stereocenters. The van der Waals surface area contributed by atoms with E-state index < -0.39 is 5.54 Å². The van der Waals surface area contributed by atoms with Crippen molar-refractivity contribution in [3.05, 3.63) is 53.6 Å². The number of aliphatic hydroxyl groups excluding tert-OH is 2. The molecule has 27 heavy (non-hydrogen) atoms. The molecule has 0 aliphatic heterocycles. The molecular formula is C20H22N2O4S. The van der Waals surface area contributed by atoms with E-state index in [1.807, 2.05) is 41.8 Å². The van der Waals surface area contributed by atoms with Crippen molar-refractivity contribution >= 4 is 17.2 Å². The number of amides is 1. The second-order valence-electron chi connectivity index (χ2n) is 6.49. The van der Waals surface area contributed by atoms with Crippen LogP contribution in [-0.4, -0.2) is 39.9 Å². The summed E-state index contributed by atoms with van der Waals surface area (Å²) in [4.78, 5) is 16.8. The Morgan fingerprint density at radius 1 is 1.22 bits per heavy atom. The maximum atomic E-state index is 11.3. The molecule has 0 saturated heterocycles. The SMILES string of the molecule is CC(=O)NC(CO)(CO)CCc1ccc(-c2coc(-c3cccs3)n2)cc1. The molecule has 0 fully saturated rings. The van der Waals surface area contributed by atoms with Gasteiger partial charge in [0.1, 0.15) is 12.0 Å². The maximum Gasteiger partial charge on any atom is 0.236 e. The van der Waals surface area contributed by atoms with Crippen LogP contribution in [0.3, 0.4) is 0 Å². The number of carbonyl (C=O) groups excluding carboxylic acids is 1. The summed E-state index contributed by atoms with van der Waals surface area (Å²) in [6.07, 6.45) is 2.69. The molecule has 0 radical (unpaired) electrons. The van der Waals surface area contributed by atoms with Crippen LogP contribution in [-0.2, 0) is 11.2 Å². The third kappa shape index (κ3) is 4.63. The zero-order chi connectivity index (χ0) is 19.3. The van der Waals surface area contributed by atoms with E-state index in [9.17, 15) is 15.0 Å². The van der Waals surface area contributed by atoms with E-state index in [4.69, 9.17) is 4.42 Å². The minimum Gasteiger partial charge on any atom is -0.443 e. The number of nitrogens with zero attached hydrogens (tertiary/aromatic N) is 1. The molecule has 0 spiro atoms. The lowest BCUT2D eigenvalue weighted by Crippen LogP contribution is -2.53. The van der Waals surface area contributed by atoms with Crippen LogP contribution in [0.25, 0.3) is 22.0 Å². The molecule has 0 bridgehead atoms. The molecule has 2 aromatic heterocycles. The number of hydrogen-bond donors (Lipinski definition) is 3. The van der Waals surface area contributed by atoms with Crippen molar-refractivity contribution < 1.29 is 19.4 Å². The monoisotopic (exact) mass is 386 g/mol. The first-order chi connectivity index (χ1) is 13.0. The number of carbonyl (C=O) groups is 1. The summed E-state index contributed by atoms with van der Waals surface area (Å²) in [7, 11) is 0. The molecular weight excluding hydrogens is 364 g/mol. The number of aromatic nitrogens is 1. The first kappa shape index (κ1) is 19.3. The molecule has 0 aliphatic rings. The Labute approximate surface area is 161 Å². The van der Waals surface area contributed by atoms with E-state index in [0.29, 0.717) is 18.7 Å². The Morgan fingerprint density at radius 3 is 2.56 bits per heavy atom. The molecule has 3 N–H and O–H groups in total. The van der Waals surface area contributed by atoms with E-state index in [1.54, 1.807) is 17.6 Å². The van der Waals surface area contributed by atoms with Crippen LogP contribution in [0.1, 0.15) is 18.9 Å². The van der Waals surface area contributed by atoms with Gasteiger partial charge in [0, 0.05) is 12.5 Å². The number of rotatable bonds is 8. The molecule has 2 heterocycles. The summed E-state index contributed by atoms with van der Waals surface area (Å²) in [5, 5.41) is 23.8. The van der Waals surface area contributed by atoms with Crippen molar-refractivity contribution in [1.82, 2.24) is 10.3 Å². The minimum atomic E-state index is -1.01. The number of nitrogens with one attached hydrogen (secondary N) is 1. The van der Waals surface area contributed by atoms with Gasteiger partial charge in [0.05, 0.1) is 23.6 Å². The van der Waals surface area contributed by atoms with Gasteiger partial charge in [-0.2, -0.15) is 0 Å². The number of aryl methyl sites for hydroxylation is 1. The average Bonchev–Trinajstić information content (AvgIpc) is 3.37. The third-order valence-corrected chi connectivity index (χ3v) is 5.28. The van der Waals surface area contributed by atoms with Gasteiger partial charge in [0.25, 0.3) is 0 Å². The predicted octanol–water partition coefficient (Wildman–Crippen LogP) is 2.86. The summed E-state index contributed by atoms with van der Waals surface area (Å²) >= 11 is 1.58. The molecule has 142 valence electrons. The second-order valence-corrected chi connectivity index (χ2v) is 7.44. The summed E-state index contributed by atoms with van der Waals surface area (Å²) in [6.45, 7) is 0.744. The zero-order valence-corrected chi connectivity index (χ0v) is 15.8. The lowest BCUT2D eigenvalue weighted by molar-refractivity contribution is -0.122. The van der Waals surface area contributed by atoms with Crippen LogP contribution < -0.4 is 5.32 Å². The topological polar surface area (TPSA) is 95.6 Å². The van der Waals surface area contributed by atoms with Crippen molar-refractivity contribution in [3.8, 4) is 22.0 Å². The van der Waals surface area contributed by atoms with Crippen molar-refractivity contribution in [2.45, 2.75) is 25.3 Å². The number of benzene rings is 1. The van der Waals surface area contributed by atoms with Crippen molar-refractivity contribution in [2.75, 3.05) is 13.2 Å². The zero-order valence-electron chi connectivity index (χ0n) is 15.0. The highest BCUT2D eigenvalue weighted by Crippen LogP contribution is 2.28. The van der Waals surface area contributed by atoms with E-state index in [-0.39, 0.29) is 19.1 Å². The number of hydrogen-bond acceptors (Lipinski definition) is 6. The molecule has 1 aromatic carbocycles. The summed E-state index contributed by atoms with van der Waals surface area (Å²) in [5.41, 5.74) is 1.75. The Morgan fingerprint density at radius 2 is 1.96 bits per heavy atom. The molecule has 3 aromatic rings. The fourth-order valence-electron chi connectivity index (χ4n) is 2.87. The van der Waals surface area contributed by atoms with Crippen LogP contribution in [0.2, 0.25) is 0 Å². The van der Waals surface area contributed by atoms with E-state index in [1.165, 1.54) is 6.92 Å². The molecule has 0 aliphatic carbocycles. The van der Waals surface area contributed by atoms with Crippen LogP contribution >= 0.6 is 11.3 Å². The summed E-state index contributed by atoms with van der Waals surface area (Å²) in [5.74, 6) is 0.330. The van der Waals surface area contributed by atoms with E-state index >= 15 is 0 Å². The van der Waals surface area contributed by atoms with Crippen LogP contribution in [0, 0.1) is 0 Å². The first-order valence-electron chi connectivity index (χ1n) is 8.64. The molecule has 3 rings (SSSR count). The van der Waals surface area contributed by atoms with Crippen LogP contribution in [0.5, 0.6) is 0 Å². The number of oxazole rings is 1. The Kier molecular flexibility index (Phi) is 6.05. The lowest BCUT2D eigenvalue weighted by atomic mass is 9.92. The Hall–Kier alpha value is -2.48. The maximum absolute atomic E-state index is 11.3. The van der Waals surface area contributed by atoms with Gasteiger partial charge in [0.2, 0.25) is 11.8 Å². The molecule has 0 saturated carbocycles. The van der Waals surface area contributed by atoms with E-state index in [0.717, 1.165) is 21.7 Å². The van der Waals surface area contributed by atoms with Crippen molar-refractivity contribution in [2.24, 2.45) is 0 Å². The van der Waals surface area contributed by atoms with Gasteiger partial charge in [0.15, 0.2) is 0 Å². The smallest absolute Gasteiger partial charge is 0.236 e. The van der Waals surface area contributed by atoms with Gasteiger partial charge in [-0.15, -0.1) is 11.3 Å². The van der Waals surface area contributed by atoms with Gasteiger partial charge in [-0.1, -0.05) is 30.3 Å². The fraction of sp³-hybridized carbons (Fsp3) is 0.300. The Balaban J connectivity index is 1.67.